The van der Waals surface area contributed by atoms with Crippen molar-refractivity contribution in [3.63, 3.8) is 0 Å². The van der Waals surface area contributed by atoms with Crippen molar-refractivity contribution in [2.45, 2.75) is 18.8 Å². The van der Waals surface area contributed by atoms with Crippen molar-refractivity contribution in [1.29, 1.82) is 0 Å². The van der Waals surface area contributed by atoms with E-state index < -0.39 is 0 Å². The number of aromatic nitrogens is 1. The summed E-state index contributed by atoms with van der Waals surface area (Å²) >= 11 is 0. The molecule has 4 rings (SSSR count). The third-order valence-electron chi connectivity index (χ3n) is 5.82. The number of benzene rings is 2. The summed E-state index contributed by atoms with van der Waals surface area (Å²) in [5, 5.41) is 4.11. The third-order valence-corrected chi connectivity index (χ3v) is 5.82. The van der Waals surface area contributed by atoms with Crippen LogP contribution in [0.3, 0.4) is 0 Å². The number of likely N-dealkylation sites (tertiary alicyclic amines) is 1. The third kappa shape index (κ3) is 5.35. The highest BCUT2D eigenvalue weighted by Crippen LogP contribution is 2.34. The molecule has 2 aromatic carbocycles. The first-order chi connectivity index (χ1) is 15.1. The van der Waals surface area contributed by atoms with Crippen LogP contribution in [0, 0.1) is 5.82 Å². The Morgan fingerprint density at radius 1 is 1.16 bits per heavy atom. The monoisotopic (exact) mass is 425 g/mol. The molecule has 31 heavy (non-hydrogen) atoms. The van der Waals surface area contributed by atoms with Crippen LogP contribution in [0.5, 0.6) is 11.5 Å². The fraction of sp³-hybridized carbons (Fsp3) is 0.375. The van der Waals surface area contributed by atoms with Gasteiger partial charge in [0.05, 0.1) is 20.2 Å². The minimum Gasteiger partial charge on any atom is -0.497 e. The van der Waals surface area contributed by atoms with Gasteiger partial charge in [0, 0.05) is 17.1 Å². The summed E-state index contributed by atoms with van der Waals surface area (Å²) in [5.41, 5.74) is 2.46. The van der Waals surface area contributed by atoms with Gasteiger partial charge in [-0.15, -0.1) is 0 Å². The first kappa shape index (κ1) is 21.2. The second kappa shape index (κ2) is 9.83. The van der Waals surface area contributed by atoms with E-state index in [-0.39, 0.29) is 11.7 Å². The number of nitrogens with zero attached hydrogens (tertiary/aromatic N) is 1. The van der Waals surface area contributed by atoms with Gasteiger partial charge in [0.2, 0.25) is 5.91 Å². The number of rotatable bonds is 8. The van der Waals surface area contributed by atoms with E-state index in [4.69, 9.17) is 9.47 Å². The predicted octanol–water partition coefficient (Wildman–Crippen LogP) is 3.69. The summed E-state index contributed by atoms with van der Waals surface area (Å²) < 4.78 is 23.8. The topological polar surface area (TPSA) is 66.6 Å². The van der Waals surface area contributed by atoms with Crippen LogP contribution in [-0.4, -0.2) is 55.7 Å². The van der Waals surface area contributed by atoms with Crippen LogP contribution in [0.4, 0.5) is 4.39 Å². The van der Waals surface area contributed by atoms with Crippen LogP contribution in [-0.2, 0) is 4.79 Å². The minimum atomic E-state index is -0.297. The van der Waals surface area contributed by atoms with Crippen LogP contribution >= 0.6 is 0 Å². The molecule has 2 N–H and O–H groups in total. The molecule has 0 radical (unpaired) electrons. The standard InChI is InChI=1S/C24H28FN3O3/c1-30-20-6-7-23-21(14-20)22(15-27-23)17-8-11-28(12-9-17)16-24(29)26-10-13-31-19-4-2-18(25)3-5-19/h2-7,14-15,17,27H,8-13,16H2,1H3,(H,26,29). The molecule has 0 spiro atoms. The van der Waals surface area contributed by atoms with E-state index in [1.54, 1.807) is 19.2 Å². The first-order valence-electron chi connectivity index (χ1n) is 10.6. The van der Waals surface area contributed by atoms with Gasteiger partial charge in [-0.2, -0.15) is 0 Å². The van der Waals surface area contributed by atoms with Crippen molar-refractivity contribution < 1.29 is 18.7 Å². The Morgan fingerprint density at radius 3 is 2.65 bits per heavy atom. The van der Waals surface area contributed by atoms with Gasteiger partial charge in [0.25, 0.3) is 0 Å². The van der Waals surface area contributed by atoms with Gasteiger partial charge in [-0.3, -0.25) is 9.69 Å². The number of H-pyrrole nitrogens is 1. The van der Waals surface area contributed by atoms with Gasteiger partial charge >= 0.3 is 0 Å². The lowest BCUT2D eigenvalue weighted by Gasteiger charge is -2.31. The SMILES string of the molecule is COc1ccc2[nH]cc(C3CCN(CC(=O)NCCOc4ccc(F)cc4)CC3)c2c1. The van der Waals surface area contributed by atoms with Crippen LogP contribution in [0.2, 0.25) is 0 Å². The summed E-state index contributed by atoms with van der Waals surface area (Å²) in [6.45, 7) is 2.94. The molecule has 7 heteroatoms. The Bertz CT molecular complexity index is 1010. The molecule has 0 aliphatic carbocycles. The van der Waals surface area contributed by atoms with E-state index in [0.29, 0.717) is 31.4 Å². The number of nitrogens with one attached hydrogen (secondary N) is 2. The average Bonchev–Trinajstić information content (AvgIpc) is 3.21. The first-order valence-corrected chi connectivity index (χ1v) is 10.6. The second-order valence-electron chi connectivity index (χ2n) is 7.86. The smallest absolute Gasteiger partial charge is 0.234 e. The summed E-state index contributed by atoms with van der Waals surface area (Å²) in [6.07, 6.45) is 4.15. The van der Waals surface area contributed by atoms with Gasteiger partial charge in [-0.25, -0.2) is 4.39 Å². The molecule has 164 valence electrons. The molecule has 2 heterocycles. The van der Waals surface area contributed by atoms with Crippen molar-refractivity contribution >= 4 is 16.8 Å². The second-order valence-corrected chi connectivity index (χ2v) is 7.86. The predicted molar refractivity (Wildman–Crippen MR) is 118 cm³/mol. The maximum absolute atomic E-state index is 12.9. The Morgan fingerprint density at radius 2 is 1.90 bits per heavy atom. The number of hydrogen-bond donors (Lipinski definition) is 2. The Labute approximate surface area is 181 Å². The number of ether oxygens (including phenoxy) is 2. The molecule has 1 aliphatic heterocycles. The molecule has 3 aromatic rings. The summed E-state index contributed by atoms with van der Waals surface area (Å²) in [6, 6.07) is 12.0. The van der Waals surface area contributed by atoms with E-state index in [1.807, 2.05) is 6.07 Å². The van der Waals surface area contributed by atoms with Crippen LogP contribution in [0.1, 0.15) is 24.3 Å². The molecule has 0 bridgehead atoms. The molecule has 0 saturated carbocycles. The van der Waals surface area contributed by atoms with Crippen LogP contribution < -0.4 is 14.8 Å². The largest absolute Gasteiger partial charge is 0.497 e. The van der Waals surface area contributed by atoms with Gasteiger partial charge < -0.3 is 19.8 Å². The number of carbonyl (C=O) groups excluding carboxylic acids is 1. The molecule has 0 unspecified atom stereocenters. The van der Waals surface area contributed by atoms with Crippen LogP contribution in [0.25, 0.3) is 10.9 Å². The quantitative estimate of drug-likeness (QED) is 0.540. The molecule has 6 nitrogen and oxygen atoms in total. The normalized spacial score (nSPS) is 15.2. The zero-order valence-corrected chi connectivity index (χ0v) is 17.7. The number of aromatic amines is 1. The van der Waals surface area contributed by atoms with E-state index in [0.717, 1.165) is 37.2 Å². The Balaban J connectivity index is 1.20. The maximum atomic E-state index is 12.9. The molecular weight excluding hydrogens is 397 g/mol. The highest BCUT2D eigenvalue weighted by Gasteiger charge is 2.24. The number of fused-ring (bicyclic) bond motifs is 1. The lowest BCUT2D eigenvalue weighted by Crippen LogP contribution is -2.42. The zero-order valence-electron chi connectivity index (χ0n) is 17.7. The van der Waals surface area contributed by atoms with Crippen molar-refractivity contribution in [3.8, 4) is 11.5 Å². The number of carbonyl (C=O) groups is 1. The lowest BCUT2D eigenvalue weighted by molar-refractivity contribution is -0.122. The van der Waals surface area contributed by atoms with E-state index in [2.05, 4.69) is 33.5 Å². The molecule has 0 atom stereocenters. The average molecular weight is 426 g/mol. The van der Waals surface area contributed by atoms with Crippen molar-refractivity contribution in [2.24, 2.45) is 0 Å². The van der Waals surface area contributed by atoms with Gasteiger partial charge in [-0.1, -0.05) is 0 Å². The Hall–Kier alpha value is -3.06. The van der Waals surface area contributed by atoms with Crippen molar-refractivity contribution in [1.82, 2.24) is 15.2 Å². The van der Waals surface area contributed by atoms with Gasteiger partial charge in [0.15, 0.2) is 0 Å². The highest BCUT2D eigenvalue weighted by atomic mass is 19.1. The number of methoxy groups -OCH3 is 1. The summed E-state index contributed by atoms with van der Waals surface area (Å²) in [7, 11) is 1.69. The number of halogens is 1. The maximum Gasteiger partial charge on any atom is 0.234 e. The van der Waals surface area contributed by atoms with E-state index in [9.17, 15) is 9.18 Å². The molecule has 1 saturated heterocycles. The minimum absolute atomic E-state index is 0.00186. The highest BCUT2D eigenvalue weighted by molar-refractivity contribution is 5.85. The van der Waals surface area contributed by atoms with Crippen molar-refractivity contribution in [2.75, 3.05) is 39.9 Å². The number of amides is 1. The molecule has 1 fully saturated rings. The number of piperidine rings is 1. The fourth-order valence-corrected chi connectivity index (χ4v) is 4.14. The van der Waals surface area contributed by atoms with Crippen LogP contribution in [0.15, 0.2) is 48.7 Å². The Kier molecular flexibility index (Phi) is 6.72. The van der Waals surface area contributed by atoms with Gasteiger partial charge in [-0.05, 0) is 79.9 Å². The lowest BCUT2D eigenvalue weighted by atomic mass is 9.89. The number of hydrogen-bond acceptors (Lipinski definition) is 4. The molecule has 1 aromatic heterocycles. The van der Waals surface area contributed by atoms with E-state index in [1.165, 1.54) is 23.1 Å². The van der Waals surface area contributed by atoms with Gasteiger partial charge in [0.1, 0.15) is 23.9 Å². The summed E-state index contributed by atoms with van der Waals surface area (Å²) in [4.78, 5) is 17.8. The molecule has 1 aliphatic rings. The summed E-state index contributed by atoms with van der Waals surface area (Å²) in [5.74, 6) is 1.63. The zero-order chi connectivity index (χ0) is 21.6. The van der Waals surface area contributed by atoms with E-state index >= 15 is 0 Å². The molecular formula is C24H28FN3O3. The fourth-order valence-electron chi connectivity index (χ4n) is 4.14. The molecule has 1 amide bonds. The van der Waals surface area contributed by atoms with Crippen molar-refractivity contribution in [3.05, 3.63) is 60.0 Å².